The van der Waals surface area contributed by atoms with Crippen molar-refractivity contribution in [3.8, 4) is 0 Å². The molecule has 0 aliphatic rings. The number of imidazole rings is 1. The largest absolute Gasteiger partial charge is 0.380 e. The number of aryl methyl sites for hydroxylation is 1. The quantitative estimate of drug-likeness (QED) is 0.737. The van der Waals surface area contributed by atoms with Gasteiger partial charge in [0.05, 0.1) is 23.6 Å². The van der Waals surface area contributed by atoms with E-state index in [4.69, 9.17) is 10.5 Å². The van der Waals surface area contributed by atoms with Crippen LogP contribution in [0.1, 0.15) is 19.2 Å². The fourth-order valence-electron chi connectivity index (χ4n) is 2.52. The van der Waals surface area contributed by atoms with Gasteiger partial charge in [0.2, 0.25) is 5.91 Å². The van der Waals surface area contributed by atoms with Gasteiger partial charge in [-0.05, 0) is 19.1 Å². The fraction of sp³-hybridized carbons (Fsp3) is 0.500. The van der Waals surface area contributed by atoms with Gasteiger partial charge in [-0.1, -0.05) is 12.1 Å². The lowest BCUT2D eigenvalue weighted by Gasteiger charge is -2.12. The number of hydrogen-bond acceptors (Lipinski definition) is 4. The average Bonchev–Trinajstić information content (AvgIpc) is 2.89. The summed E-state index contributed by atoms with van der Waals surface area (Å²) in [5.74, 6) is 0.947. The Balaban J connectivity index is 0.00000264. The first-order valence-electron chi connectivity index (χ1n) is 7.63. The van der Waals surface area contributed by atoms with Crippen molar-refractivity contribution in [1.29, 1.82) is 0 Å². The predicted molar refractivity (Wildman–Crippen MR) is 101 cm³/mol. The highest BCUT2D eigenvalue weighted by Crippen LogP contribution is 2.15. The third-order valence-electron chi connectivity index (χ3n) is 3.73. The number of fused-ring (bicyclic) bond motifs is 1. The number of aromatic nitrogens is 2. The summed E-state index contributed by atoms with van der Waals surface area (Å²) in [7, 11) is 1.56. The van der Waals surface area contributed by atoms with Crippen LogP contribution in [-0.2, 0) is 22.5 Å². The highest BCUT2D eigenvalue weighted by Gasteiger charge is 2.12. The molecule has 0 saturated carbocycles. The Morgan fingerprint density at radius 3 is 2.71 bits per heavy atom. The molecule has 3 N–H and O–H groups in total. The topological polar surface area (TPSA) is 82.2 Å². The summed E-state index contributed by atoms with van der Waals surface area (Å²) in [5, 5.41) is 2.90. The second-order valence-corrected chi connectivity index (χ2v) is 5.16. The van der Waals surface area contributed by atoms with E-state index in [0.29, 0.717) is 19.5 Å². The van der Waals surface area contributed by atoms with Gasteiger partial charge in [0.1, 0.15) is 5.82 Å². The number of nitrogens with one attached hydrogen (secondary N) is 1. The maximum atomic E-state index is 11.8. The van der Waals surface area contributed by atoms with Crippen molar-refractivity contribution in [3.63, 3.8) is 0 Å². The third kappa shape index (κ3) is 5.63. The molecule has 1 unspecified atom stereocenters. The number of rotatable bonds is 8. The van der Waals surface area contributed by atoms with Crippen LogP contribution in [-0.4, -0.2) is 41.8 Å². The Bertz CT molecular complexity index is 630. The zero-order valence-electron chi connectivity index (χ0n) is 14.0. The third-order valence-corrected chi connectivity index (χ3v) is 3.73. The lowest BCUT2D eigenvalue weighted by molar-refractivity contribution is -0.123. The Kier molecular flexibility index (Phi) is 10.6. The molecule has 0 radical (unpaired) electrons. The molecule has 1 aromatic carbocycles. The Morgan fingerprint density at radius 1 is 1.38 bits per heavy atom. The van der Waals surface area contributed by atoms with E-state index >= 15 is 0 Å². The number of ether oxygens (including phenoxy) is 1. The molecule has 0 spiro atoms. The predicted octanol–water partition coefficient (Wildman–Crippen LogP) is 1.92. The lowest BCUT2D eigenvalue weighted by Crippen LogP contribution is -2.33. The molecule has 24 heavy (non-hydrogen) atoms. The van der Waals surface area contributed by atoms with Gasteiger partial charge in [-0.3, -0.25) is 4.79 Å². The maximum absolute atomic E-state index is 11.8. The number of amides is 1. The van der Waals surface area contributed by atoms with E-state index in [9.17, 15) is 4.79 Å². The number of nitrogens with two attached hydrogens (primary N) is 1. The van der Waals surface area contributed by atoms with Crippen molar-refractivity contribution >= 4 is 41.8 Å². The highest BCUT2D eigenvalue weighted by atomic mass is 35.5. The van der Waals surface area contributed by atoms with Crippen LogP contribution in [0.2, 0.25) is 0 Å². The fourth-order valence-corrected chi connectivity index (χ4v) is 2.52. The zero-order valence-corrected chi connectivity index (χ0v) is 15.7. The van der Waals surface area contributed by atoms with Gasteiger partial charge >= 0.3 is 0 Å². The Morgan fingerprint density at radius 2 is 2.08 bits per heavy atom. The SMILES string of the molecule is CCn1c(CCNC(=O)CC(CN)OC)nc2ccccc21.Cl.Cl. The minimum atomic E-state index is -0.222. The lowest BCUT2D eigenvalue weighted by atomic mass is 10.2. The van der Waals surface area contributed by atoms with Crippen LogP contribution in [0.5, 0.6) is 0 Å². The summed E-state index contributed by atoms with van der Waals surface area (Å²) >= 11 is 0. The van der Waals surface area contributed by atoms with Crippen LogP contribution in [0.15, 0.2) is 24.3 Å². The number of hydrogen-bond donors (Lipinski definition) is 2. The molecular weight excluding hydrogens is 351 g/mol. The molecular formula is C16H26Cl2N4O2. The van der Waals surface area contributed by atoms with Crippen LogP contribution in [0, 0.1) is 0 Å². The first-order valence-corrected chi connectivity index (χ1v) is 7.63. The zero-order chi connectivity index (χ0) is 15.9. The minimum absolute atomic E-state index is 0. The van der Waals surface area contributed by atoms with E-state index in [1.165, 1.54) is 0 Å². The van der Waals surface area contributed by atoms with Gasteiger partial charge < -0.3 is 20.4 Å². The molecule has 0 aliphatic carbocycles. The van der Waals surface area contributed by atoms with E-state index in [2.05, 4.69) is 27.9 Å². The summed E-state index contributed by atoms with van der Waals surface area (Å²) in [6.07, 6.45) is 0.770. The summed E-state index contributed by atoms with van der Waals surface area (Å²) in [4.78, 5) is 16.5. The van der Waals surface area contributed by atoms with Gasteiger partial charge in [0, 0.05) is 33.2 Å². The molecule has 1 atom stereocenters. The van der Waals surface area contributed by atoms with Crippen molar-refractivity contribution in [2.24, 2.45) is 5.73 Å². The summed E-state index contributed by atoms with van der Waals surface area (Å²) in [5.41, 5.74) is 7.64. The molecule has 2 aromatic rings. The first-order chi connectivity index (χ1) is 10.7. The monoisotopic (exact) mass is 376 g/mol. The van der Waals surface area contributed by atoms with Crippen LogP contribution >= 0.6 is 24.8 Å². The molecule has 0 bridgehead atoms. The molecule has 8 heteroatoms. The van der Waals surface area contributed by atoms with E-state index < -0.39 is 0 Å². The van der Waals surface area contributed by atoms with Gasteiger partial charge in [-0.25, -0.2) is 4.98 Å². The molecule has 2 rings (SSSR count). The number of carbonyl (C=O) groups is 1. The second-order valence-electron chi connectivity index (χ2n) is 5.16. The number of benzene rings is 1. The normalized spacial score (nSPS) is 11.5. The Hall–Kier alpha value is -1.34. The van der Waals surface area contributed by atoms with Crippen LogP contribution in [0.25, 0.3) is 11.0 Å². The van der Waals surface area contributed by atoms with Gasteiger partial charge in [-0.15, -0.1) is 24.8 Å². The van der Waals surface area contributed by atoms with Crippen molar-refractivity contribution in [2.45, 2.75) is 32.4 Å². The number of carbonyl (C=O) groups excluding carboxylic acids is 1. The first kappa shape index (κ1) is 22.7. The average molecular weight is 377 g/mol. The van der Waals surface area contributed by atoms with E-state index in [1.807, 2.05) is 18.2 Å². The van der Waals surface area contributed by atoms with Crippen molar-refractivity contribution in [3.05, 3.63) is 30.1 Å². The maximum Gasteiger partial charge on any atom is 0.222 e. The summed E-state index contributed by atoms with van der Waals surface area (Å²) in [6, 6.07) is 8.07. The number of nitrogens with zero attached hydrogens (tertiary/aromatic N) is 2. The number of para-hydroxylation sites is 2. The smallest absolute Gasteiger partial charge is 0.222 e. The van der Waals surface area contributed by atoms with Crippen LogP contribution in [0.4, 0.5) is 0 Å². The summed E-state index contributed by atoms with van der Waals surface area (Å²) in [6.45, 7) is 3.86. The molecule has 1 heterocycles. The van der Waals surface area contributed by atoms with Gasteiger partial charge in [-0.2, -0.15) is 0 Å². The molecule has 6 nitrogen and oxygen atoms in total. The van der Waals surface area contributed by atoms with E-state index in [-0.39, 0.29) is 43.2 Å². The number of methoxy groups -OCH3 is 1. The van der Waals surface area contributed by atoms with Crippen molar-refractivity contribution < 1.29 is 9.53 Å². The summed E-state index contributed by atoms with van der Waals surface area (Å²) < 4.78 is 7.29. The van der Waals surface area contributed by atoms with Crippen LogP contribution < -0.4 is 11.1 Å². The number of halogens is 2. The van der Waals surface area contributed by atoms with Gasteiger partial charge in [0.15, 0.2) is 0 Å². The Labute approximate surface area is 155 Å². The van der Waals surface area contributed by atoms with E-state index in [0.717, 1.165) is 23.4 Å². The van der Waals surface area contributed by atoms with Crippen molar-refractivity contribution in [1.82, 2.24) is 14.9 Å². The molecule has 136 valence electrons. The minimum Gasteiger partial charge on any atom is -0.380 e. The van der Waals surface area contributed by atoms with Gasteiger partial charge in [0.25, 0.3) is 0 Å². The van der Waals surface area contributed by atoms with E-state index in [1.54, 1.807) is 7.11 Å². The second kappa shape index (κ2) is 11.3. The van der Waals surface area contributed by atoms with Crippen LogP contribution in [0.3, 0.4) is 0 Å². The molecule has 0 fully saturated rings. The molecule has 1 aromatic heterocycles. The van der Waals surface area contributed by atoms with Crippen molar-refractivity contribution in [2.75, 3.05) is 20.2 Å². The molecule has 0 aliphatic heterocycles. The molecule has 0 saturated heterocycles. The molecule has 1 amide bonds. The highest BCUT2D eigenvalue weighted by molar-refractivity contribution is 5.85. The standard InChI is InChI=1S/C16H24N4O2.2ClH/c1-3-20-14-7-5-4-6-13(14)19-15(20)8-9-18-16(21)10-12(11-17)22-2;;/h4-7,12H,3,8-11,17H2,1-2H3,(H,18,21);2*1H.